The highest BCUT2D eigenvalue weighted by molar-refractivity contribution is 4.77. The summed E-state index contributed by atoms with van der Waals surface area (Å²) in [6, 6.07) is 0.554. The highest BCUT2D eigenvalue weighted by atomic mass is 16.5. The summed E-state index contributed by atoms with van der Waals surface area (Å²) in [6.07, 6.45) is 5.84. The molecule has 1 aliphatic rings. The molecule has 4 atom stereocenters. The molecule has 2 heteroatoms. The standard InChI is InChI=1S/C15H31NO/c1-6-14(10-16-11(2)3)17-15-8-7-12(4)13(5)9-15/h11-16H,6-10H2,1-5H3. The van der Waals surface area contributed by atoms with Crippen molar-refractivity contribution in [1.29, 1.82) is 0 Å². The Bertz CT molecular complexity index is 205. The maximum Gasteiger partial charge on any atom is 0.0700 e. The number of ether oxygens (including phenoxy) is 1. The highest BCUT2D eigenvalue weighted by Crippen LogP contribution is 2.31. The van der Waals surface area contributed by atoms with E-state index in [2.05, 4.69) is 39.9 Å². The zero-order chi connectivity index (χ0) is 12.8. The second-order valence-electron chi connectivity index (χ2n) is 6.12. The van der Waals surface area contributed by atoms with Crippen LogP contribution in [0.2, 0.25) is 0 Å². The summed E-state index contributed by atoms with van der Waals surface area (Å²) in [5, 5.41) is 3.48. The lowest BCUT2D eigenvalue weighted by molar-refractivity contribution is -0.0479. The summed E-state index contributed by atoms with van der Waals surface area (Å²) in [5.74, 6) is 1.70. The van der Waals surface area contributed by atoms with E-state index in [-0.39, 0.29) is 0 Å². The van der Waals surface area contributed by atoms with Gasteiger partial charge >= 0.3 is 0 Å². The third-order valence-corrected chi connectivity index (χ3v) is 4.14. The molecule has 0 bridgehead atoms. The van der Waals surface area contributed by atoms with Crippen molar-refractivity contribution in [1.82, 2.24) is 5.32 Å². The van der Waals surface area contributed by atoms with E-state index in [9.17, 15) is 0 Å². The van der Waals surface area contributed by atoms with Crippen molar-refractivity contribution < 1.29 is 4.74 Å². The van der Waals surface area contributed by atoms with Crippen molar-refractivity contribution in [3.63, 3.8) is 0 Å². The minimum atomic E-state index is 0.392. The van der Waals surface area contributed by atoms with Crippen LogP contribution >= 0.6 is 0 Å². The number of nitrogens with one attached hydrogen (secondary N) is 1. The summed E-state index contributed by atoms with van der Waals surface area (Å²) >= 11 is 0. The molecule has 4 unspecified atom stereocenters. The predicted molar refractivity (Wildman–Crippen MR) is 74.3 cm³/mol. The molecule has 0 amide bonds. The Labute approximate surface area is 108 Å². The molecule has 0 radical (unpaired) electrons. The Hall–Kier alpha value is -0.0800. The van der Waals surface area contributed by atoms with E-state index in [1.165, 1.54) is 19.3 Å². The molecule has 1 rings (SSSR count). The van der Waals surface area contributed by atoms with Crippen LogP contribution in [0.4, 0.5) is 0 Å². The first-order valence-electron chi connectivity index (χ1n) is 7.41. The third kappa shape index (κ3) is 5.39. The van der Waals surface area contributed by atoms with Gasteiger partial charge in [-0.25, -0.2) is 0 Å². The normalized spacial score (nSPS) is 31.8. The van der Waals surface area contributed by atoms with Crippen LogP contribution in [0.5, 0.6) is 0 Å². The van der Waals surface area contributed by atoms with Gasteiger partial charge in [0.25, 0.3) is 0 Å². The minimum absolute atomic E-state index is 0.392. The number of hydrogen-bond donors (Lipinski definition) is 1. The maximum atomic E-state index is 6.25. The van der Waals surface area contributed by atoms with E-state index < -0.39 is 0 Å². The van der Waals surface area contributed by atoms with Crippen molar-refractivity contribution in [2.45, 2.75) is 78.6 Å². The summed E-state index contributed by atoms with van der Waals surface area (Å²) in [5.41, 5.74) is 0. The fraction of sp³-hybridized carbons (Fsp3) is 1.00. The lowest BCUT2D eigenvalue weighted by Gasteiger charge is -2.34. The molecule has 0 aliphatic heterocycles. The van der Waals surface area contributed by atoms with E-state index in [4.69, 9.17) is 4.74 Å². The van der Waals surface area contributed by atoms with Crippen LogP contribution < -0.4 is 5.32 Å². The molecular weight excluding hydrogens is 210 g/mol. The second kappa shape index (κ2) is 7.38. The van der Waals surface area contributed by atoms with E-state index >= 15 is 0 Å². The second-order valence-corrected chi connectivity index (χ2v) is 6.12. The van der Waals surface area contributed by atoms with E-state index in [1.807, 2.05) is 0 Å². The molecule has 0 heterocycles. The van der Waals surface area contributed by atoms with Gasteiger partial charge in [-0.1, -0.05) is 34.6 Å². The molecule has 0 aromatic carbocycles. The first-order chi connectivity index (χ1) is 8.02. The maximum absolute atomic E-state index is 6.25. The average Bonchev–Trinajstić information content (AvgIpc) is 2.28. The highest BCUT2D eigenvalue weighted by Gasteiger charge is 2.26. The van der Waals surface area contributed by atoms with Crippen LogP contribution in [0.3, 0.4) is 0 Å². The lowest BCUT2D eigenvalue weighted by atomic mass is 9.80. The molecule has 0 aromatic heterocycles. The van der Waals surface area contributed by atoms with Crippen LogP contribution in [0, 0.1) is 11.8 Å². The van der Waals surface area contributed by atoms with Gasteiger partial charge in [0.15, 0.2) is 0 Å². The minimum Gasteiger partial charge on any atom is -0.374 e. The average molecular weight is 241 g/mol. The summed E-state index contributed by atoms with van der Waals surface area (Å²) < 4.78 is 6.25. The molecule has 1 N–H and O–H groups in total. The first kappa shape index (κ1) is 15.0. The van der Waals surface area contributed by atoms with E-state index in [0.29, 0.717) is 18.2 Å². The fourth-order valence-electron chi connectivity index (χ4n) is 2.55. The van der Waals surface area contributed by atoms with Crippen molar-refractivity contribution >= 4 is 0 Å². The van der Waals surface area contributed by atoms with Gasteiger partial charge < -0.3 is 10.1 Å². The molecule has 1 aliphatic carbocycles. The predicted octanol–water partition coefficient (Wildman–Crippen LogP) is 3.60. The summed E-state index contributed by atoms with van der Waals surface area (Å²) in [7, 11) is 0. The van der Waals surface area contributed by atoms with Crippen molar-refractivity contribution in [3.05, 3.63) is 0 Å². The molecule has 1 fully saturated rings. The van der Waals surface area contributed by atoms with Gasteiger partial charge in [-0.15, -0.1) is 0 Å². The van der Waals surface area contributed by atoms with Gasteiger partial charge in [0.1, 0.15) is 0 Å². The van der Waals surface area contributed by atoms with Crippen LogP contribution in [-0.4, -0.2) is 24.8 Å². The van der Waals surface area contributed by atoms with Crippen LogP contribution in [0.25, 0.3) is 0 Å². The quantitative estimate of drug-likeness (QED) is 0.767. The number of rotatable bonds is 6. The van der Waals surface area contributed by atoms with Crippen LogP contribution in [-0.2, 0) is 4.74 Å². The summed E-state index contributed by atoms with van der Waals surface area (Å²) in [4.78, 5) is 0. The molecule has 17 heavy (non-hydrogen) atoms. The van der Waals surface area contributed by atoms with Gasteiger partial charge in [0.05, 0.1) is 12.2 Å². The Balaban J connectivity index is 2.30. The lowest BCUT2D eigenvalue weighted by Crippen LogP contribution is -2.37. The van der Waals surface area contributed by atoms with Gasteiger partial charge in [-0.05, 0) is 37.5 Å². The number of hydrogen-bond acceptors (Lipinski definition) is 2. The molecule has 1 saturated carbocycles. The molecule has 0 spiro atoms. The van der Waals surface area contributed by atoms with Crippen molar-refractivity contribution in [2.75, 3.05) is 6.54 Å². The monoisotopic (exact) mass is 241 g/mol. The van der Waals surface area contributed by atoms with Gasteiger partial charge in [0.2, 0.25) is 0 Å². The van der Waals surface area contributed by atoms with Gasteiger partial charge in [0, 0.05) is 12.6 Å². The van der Waals surface area contributed by atoms with Crippen LogP contribution in [0.15, 0.2) is 0 Å². The Kier molecular flexibility index (Phi) is 6.50. The Morgan fingerprint density at radius 3 is 2.41 bits per heavy atom. The SMILES string of the molecule is CCC(CNC(C)C)OC1CCC(C)C(C)C1. The zero-order valence-electron chi connectivity index (χ0n) is 12.3. The summed E-state index contributed by atoms with van der Waals surface area (Å²) in [6.45, 7) is 12.3. The molecule has 0 aromatic rings. The Morgan fingerprint density at radius 2 is 1.88 bits per heavy atom. The Morgan fingerprint density at radius 1 is 1.18 bits per heavy atom. The van der Waals surface area contributed by atoms with Crippen molar-refractivity contribution in [3.8, 4) is 0 Å². The van der Waals surface area contributed by atoms with E-state index in [1.54, 1.807) is 0 Å². The van der Waals surface area contributed by atoms with Crippen LogP contribution in [0.1, 0.15) is 60.3 Å². The first-order valence-corrected chi connectivity index (χ1v) is 7.41. The van der Waals surface area contributed by atoms with Gasteiger partial charge in [-0.3, -0.25) is 0 Å². The molecule has 102 valence electrons. The van der Waals surface area contributed by atoms with E-state index in [0.717, 1.165) is 24.8 Å². The largest absolute Gasteiger partial charge is 0.374 e. The topological polar surface area (TPSA) is 21.3 Å². The van der Waals surface area contributed by atoms with Gasteiger partial charge in [-0.2, -0.15) is 0 Å². The fourth-order valence-corrected chi connectivity index (χ4v) is 2.55. The molecule has 0 saturated heterocycles. The molecular formula is C15H31NO. The smallest absolute Gasteiger partial charge is 0.0700 e. The van der Waals surface area contributed by atoms with Crippen molar-refractivity contribution in [2.24, 2.45) is 11.8 Å². The molecule has 2 nitrogen and oxygen atoms in total. The zero-order valence-corrected chi connectivity index (χ0v) is 12.3. The third-order valence-electron chi connectivity index (χ3n) is 4.14.